The molecular weight excluding hydrogens is 310 g/mol. The Morgan fingerprint density at radius 3 is 2.48 bits per heavy atom. The Kier molecular flexibility index (Phi) is 5.44. The average molecular weight is 336 g/mol. The quantitative estimate of drug-likeness (QED) is 0.863. The molecule has 4 nitrogen and oxygen atoms in total. The Morgan fingerprint density at radius 1 is 1.22 bits per heavy atom. The molecule has 23 heavy (non-hydrogen) atoms. The minimum Gasteiger partial charge on any atom is -0.335 e. The summed E-state index contributed by atoms with van der Waals surface area (Å²) in [6, 6.07) is 8.66. The number of fused-ring (bicyclic) bond motifs is 2. The lowest BCUT2D eigenvalue weighted by molar-refractivity contribution is 0.0272. The van der Waals surface area contributed by atoms with Crippen molar-refractivity contribution in [2.75, 3.05) is 11.9 Å². The molecule has 0 aromatic heterocycles. The highest BCUT2D eigenvalue weighted by Gasteiger charge is 2.37. The maximum absolute atomic E-state index is 12.2. The summed E-state index contributed by atoms with van der Waals surface area (Å²) in [5, 5.41) is 6.73. The van der Waals surface area contributed by atoms with Crippen LogP contribution in [-0.4, -0.2) is 35.6 Å². The lowest BCUT2D eigenvalue weighted by Crippen LogP contribution is -2.57. The molecule has 0 spiro atoms. The molecule has 0 aliphatic carbocycles. The van der Waals surface area contributed by atoms with E-state index >= 15 is 0 Å². The standard InChI is InChI=1S/C18H26ClN3O/c1-2-10-22-16-4-3-5-17(22)12-15(11-16)21-18(23)20-14-8-6-13(19)7-9-14/h6-9,15-17H,2-5,10-12H2,1H3,(H2,20,21,23)/t16-,17-/m1/s1. The van der Waals surface area contributed by atoms with Gasteiger partial charge in [0.1, 0.15) is 0 Å². The van der Waals surface area contributed by atoms with Gasteiger partial charge in [-0.15, -0.1) is 0 Å². The second kappa shape index (κ2) is 7.54. The summed E-state index contributed by atoms with van der Waals surface area (Å²) in [6.45, 7) is 3.44. The van der Waals surface area contributed by atoms with Crippen molar-refractivity contribution >= 4 is 23.3 Å². The first kappa shape index (κ1) is 16.6. The van der Waals surface area contributed by atoms with E-state index in [-0.39, 0.29) is 12.1 Å². The first-order valence-electron chi connectivity index (χ1n) is 8.74. The number of nitrogens with one attached hydrogen (secondary N) is 2. The molecule has 2 atom stereocenters. The molecule has 126 valence electrons. The molecule has 2 bridgehead atoms. The highest BCUT2D eigenvalue weighted by molar-refractivity contribution is 6.30. The molecule has 2 aliphatic rings. The van der Waals surface area contributed by atoms with Crippen LogP contribution in [0.25, 0.3) is 0 Å². The maximum atomic E-state index is 12.2. The summed E-state index contributed by atoms with van der Waals surface area (Å²) in [5.41, 5.74) is 0.774. The zero-order valence-corrected chi connectivity index (χ0v) is 14.5. The smallest absolute Gasteiger partial charge is 0.319 e. The fraction of sp³-hybridized carbons (Fsp3) is 0.611. The minimum absolute atomic E-state index is 0.112. The molecule has 0 unspecified atom stereocenters. The van der Waals surface area contributed by atoms with Gasteiger partial charge in [0.15, 0.2) is 0 Å². The van der Waals surface area contributed by atoms with E-state index < -0.39 is 0 Å². The number of rotatable bonds is 4. The number of hydrogen-bond acceptors (Lipinski definition) is 2. The third kappa shape index (κ3) is 4.18. The van der Waals surface area contributed by atoms with Crippen LogP contribution in [0.1, 0.15) is 45.4 Å². The van der Waals surface area contributed by atoms with Crippen molar-refractivity contribution in [1.29, 1.82) is 0 Å². The topological polar surface area (TPSA) is 44.4 Å². The van der Waals surface area contributed by atoms with Crippen LogP contribution < -0.4 is 10.6 Å². The van der Waals surface area contributed by atoms with Gasteiger partial charge in [0, 0.05) is 28.8 Å². The summed E-state index contributed by atoms with van der Waals surface area (Å²) in [7, 11) is 0. The summed E-state index contributed by atoms with van der Waals surface area (Å²) in [5.74, 6) is 0. The lowest BCUT2D eigenvalue weighted by Gasteiger charge is -2.49. The van der Waals surface area contributed by atoms with Gasteiger partial charge in [0.05, 0.1) is 0 Å². The zero-order valence-electron chi connectivity index (χ0n) is 13.7. The Morgan fingerprint density at radius 2 is 1.87 bits per heavy atom. The summed E-state index contributed by atoms with van der Waals surface area (Å²) < 4.78 is 0. The van der Waals surface area contributed by atoms with Gasteiger partial charge in [-0.25, -0.2) is 4.79 Å². The number of carbonyl (C=O) groups is 1. The van der Waals surface area contributed by atoms with Gasteiger partial charge in [-0.3, -0.25) is 4.90 Å². The number of nitrogens with zero attached hydrogens (tertiary/aromatic N) is 1. The number of benzene rings is 1. The molecule has 2 aliphatic heterocycles. The van der Waals surface area contributed by atoms with E-state index in [9.17, 15) is 4.79 Å². The van der Waals surface area contributed by atoms with Crippen LogP contribution in [0.5, 0.6) is 0 Å². The molecule has 0 saturated carbocycles. The van der Waals surface area contributed by atoms with Gasteiger partial charge < -0.3 is 10.6 Å². The second-order valence-corrected chi connectivity index (χ2v) is 7.19. The predicted octanol–water partition coefficient (Wildman–Crippen LogP) is 4.26. The van der Waals surface area contributed by atoms with Gasteiger partial charge >= 0.3 is 6.03 Å². The zero-order chi connectivity index (χ0) is 16.2. The normalized spacial score (nSPS) is 27.5. The molecule has 5 heteroatoms. The van der Waals surface area contributed by atoms with E-state index in [2.05, 4.69) is 22.5 Å². The van der Waals surface area contributed by atoms with E-state index in [1.165, 1.54) is 32.2 Å². The monoisotopic (exact) mass is 335 g/mol. The lowest BCUT2D eigenvalue weighted by atomic mass is 9.81. The molecule has 3 rings (SSSR count). The van der Waals surface area contributed by atoms with Crippen molar-refractivity contribution in [3.05, 3.63) is 29.3 Å². The van der Waals surface area contributed by atoms with Crippen molar-refractivity contribution in [1.82, 2.24) is 10.2 Å². The summed E-state index contributed by atoms with van der Waals surface area (Å²) in [6.07, 6.45) is 7.23. The molecule has 2 saturated heterocycles. The molecule has 1 aromatic rings. The highest BCUT2D eigenvalue weighted by atomic mass is 35.5. The second-order valence-electron chi connectivity index (χ2n) is 6.75. The van der Waals surface area contributed by atoms with Crippen LogP contribution in [-0.2, 0) is 0 Å². The number of hydrogen-bond donors (Lipinski definition) is 2. The van der Waals surface area contributed by atoms with Gasteiger partial charge in [-0.1, -0.05) is 24.9 Å². The van der Waals surface area contributed by atoms with E-state index in [1.807, 2.05) is 12.1 Å². The van der Waals surface area contributed by atoms with Gasteiger partial charge in [-0.05, 0) is 62.9 Å². The average Bonchev–Trinajstić information content (AvgIpc) is 2.50. The highest BCUT2D eigenvalue weighted by Crippen LogP contribution is 2.34. The van der Waals surface area contributed by atoms with E-state index in [0.717, 1.165) is 18.5 Å². The van der Waals surface area contributed by atoms with Crippen molar-refractivity contribution in [2.45, 2.75) is 63.6 Å². The molecule has 2 heterocycles. The molecular formula is C18H26ClN3O. The number of amides is 2. The number of urea groups is 1. The fourth-order valence-electron chi connectivity index (χ4n) is 4.11. The van der Waals surface area contributed by atoms with E-state index in [1.54, 1.807) is 12.1 Å². The van der Waals surface area contributed by atoms with Gasteiger partial charge in [0.2, 0.25) is 0 Å². The van der Waals surface area contributed by atoms with Crippen LogP contribution in [0, 0.1) is 0 Å². The maximum Gasteiger partial charge on any atom is 0.319 e. The number of anilines is 1. The number of piperidine rings is 2. The van der Waals surface area contributed by atoms with Gasteiger partial charge in [0.25, 0.3) is 0 Å². The first-order chi connectivity index (χ1) is 11.2. The van der Waals surface area contributed by atoms with Crippen LogP contribution in [0.2, 0.25) is 5.02 Å². The summed E-state index contributed by atoms with van der Waals surface area (Å²) >= 11 is 5.86. The van der Waals surface area contributed by atoms with E-state index in [0.29, 0.717) is 17.1 Å². The van der Waals surface area contributed by atoms with Crippen molar-refractivity contribution in [2.24, 2.45) is 0 Å². The van der Waals surface area contributed by atoms with Crippen LogP contribution in [0.3, 0.4) is 0 Å². The Hall–Kier alpha value is -1.26. The number of halogens is 1. The molecule has 2 amide bonds. The summed E-state index contributed by atoms with van der Waals surface area (Å²) in [4.78, 5) is 14.9. The first-order valence-corrected chi connectivity index (χ1v) is 9.12. The fourth-order valence-corrected chi connectivity index (χ4v) is 4.23. The third-order valence-corrected chi connectivity index (χ3v) is 5.30. The predicted molar refractivity (Wildman–Crippen MR) is 95.1 cm³/mol. The van der Waals surface area contributed by atoms with Crippen LogP contribution >= 0.6 is 11.6 Å². The van der Waals surface area contributed by atoms with Crippen molar-refractivity contribution in [3.63, 3.8) is 0 Å². The van der Waals surface area contributed by atoms with E-state index in [4.69, 9.17) is 11.6 Å². The molecule has 2 N–H and O–H groups in total. The van der Waals surface area contributed by atoms with Crippen LogP contribution in [0.4, 0.5) is 10.5 Å². The largest absolute Gasteiger partial charge is 0.335 e. The van der Waals surface area contributed by atoms with Gasteiger partial charge in [-0.2, -0.15) is 0 Å². The molecule has 1 aromatic carbocycles. The Balaban J connectivity index is 1.54. The Bertz CT molecular complexity index is 520. The van der Waals surface area contributed by atoms with Crippen LogP contribution in [0.15, 0.2) is 24.3 Å². The SMILES string of the molecule is CCCN1[C@@H]2CCC[C@@H]1CC(NC(=O)Nc1ccc(Cl)cc1)C2. The Labute approximate surface area is 143 Å². The molecule has 0 radical (unpaired) electrons. The van der Waals surface area contributed by atoms with Crippen molar-refractivity contribution in [3.8, 4) is 0 Å². The number of carbonyl (C=O) groups excluding carboxylic acids is 1. The van der Waals surface area contributed by atoms with Crippen molar-refractivity contribution < 1.29 is 4.79 Å². The third-order valence-electron chi connectivity index (χ3n) is 5.05. The minimum atomic E-state index is -0.112. The molecule has 2 fully saturated rings.